The highest BCUT2D eigenvalue weighted by molar-refractivity contribution is 7.99. The Balaban J connectivity index is 2.02. The molecule has 0 bridgehead atoms. The van der Waals surface area contributed by atoms with E-state index in [0.717, 1.165) is 0 Å². The number of nitro benzene ring substituents is 1. The molecule has 1 aromatic rings. The lowest BCUT2D eigenvalue weighted by atomic mass is 10.2. The summed E-state index contributed by atoms with van der Waals surface area (Å²) in [6.07, 6.45) is 0.201. The third-order valence-corrected chi connectivity index (χ3v) is 11.8. The fourth-order valence-corrected chi connectivity index (χ4v) is 5.69. The minimum absolute atomic E-state index is 0.0139. The van der Waals surface area contributed by atoms with Crippen molar-refractivity contribution in [2.45, 2.75) is 70.5 Å². The van der Waals surface area contributed by atoms with Crippen molar-refractivity contribution < 1.29 is 28.8 Å². The van der Waals surface area contributed by atoms with Crippen LogP contribution < -0.4 is 0 Å². The summed E-state index contributed by atoms with van der Waals surface area (Å²) in [5.74, 6) is 0.246. The molecule has 1 heterocycles. The van der Waals surface area contributed by atoms with Crippen molar-refractivity contribution in [3.05, 3.63) is 39.9 Å². The monoisotopic (exact) mass is 498 g/mol. The molecule has 1 amide bonds. The average molecular weight is 499 g/mol. The van der Waals surface area contributed by atoms with Crippen LogP contribution in [-0.2, 0) is 20.6 Å². The molecular formula is C22H34N2O7SSi. The number of carboxylic acid groups (broad SMARTS) is 1. The molecular weight excluding hydrogens is 464 g/mol. The molecule has 11 heteroatoms. The standard InChI is InChI=1S/C22H34N2O7SSi/c1-22(2,3)33(4,5)31-19-12-18(15-32-11-10-20(25)26)23(13-19)21(27)30-14-16-6-8-17(9-7-16)24(28)29/h6-9,18-19H,10-15H2,1-5H3,(H,25,26)/t18-,19-/m0/s1. The molecule has 0 spiro atoms. The Hall–Kier alpha value is -2.11. The van der Waals surface area contributed by atoms with Crippen LogP contribution in [0.1, 0.15) is 39.2 Å². The van der Waals surface area contributed by atoms with Crippen LogP contribution in [0.4, 0.5) is 10.5 Å². The molecule has 1 N–H and O–H groups in total. The number of amides is 1. The third-order valence-electron chi connectivity index (χ3n) is 6.16. The minimum atomic E-state index is -2.02. The first-order valence-corrected chi connectivity index (χ1v) is 15.0. The van der Waals surface area contributed by atoms with Gasteiger partial charge < -0.3 is 19.2 Å². The predicted octanol–water partition coefficient (Wildman–Crippen LogP) is 4.90. The van der Waals surface area contributed by atoms with Gasteiger partial charge in [-0.15, -0.1) is 0 Å². The number of nitrogens with zero attached hydrogens (tertiary/aromatic N) is 2. The smallest absolute Gasteiger partial charge is 0.410 e. The van der Waals surface area contributed by atoms with E-state index in [0.29, 0.717) is 30.0 Å². The number of carbonyl (C=O) groups excluding carboxylic acids is 1. The van der Waals surface area contributed by atoms with Gasteiger partial charge in [0.2, 0.25) is 0 Å². The topological polar surface area (TPSA) is 119 Å². The molecule has 33 heavy (non-hydrogen) atoms. The summed E-state index contributed by atoms with van der Waals surface area (Å²) in [7, 11) is -2.02. The number of benzene rings is 1. The SMILES string of the molecule is CC(C)(C)[Si](C)(C)O[C@H]1C[C@@H](CSCCC(=O)O)N(C(=O)OCc2ccc([N+](=O)[O-])cc2)C1. The zero-order valence-corrected chi connectivity index (χ0v) is 21.7. The van der Waals surface area contributed by atoms with Gasteiger partial charge in [0.1, 0.15) is 6.61 Å². The maximum atomic E-state index is 12.9. The third kappa shape index (κ3) is 8.00. The number of carbonyl (C=O) groups is 2. The van der Waals surface area contributed by atoms with Gasteiger partial charge in [0.05, 0.1) is 17.4 Å². The number of carboxylic acids is 1. The molecule has 1 saturated heterocycles. The van der Waals surface area contributed by atoms with Crippen molar-refractivity contribution in [2.75, 3.05) is 18.1 Å². The molecule has 1 aliphatic heterocycles. The summed E-state index contributed by atoms with van der Waals surface area (Å²) in [6, 6.07) is 5.78. The zero-order chi connectivity index (χ0) is 24.8. The summed E-state index contributed by atoms with van der Waals surface area (Å²) >= 11 is 1.51. The van der Waals surface area contributed by atoms with E-state index in [-0.39, 0.29) is 35.9 Å². The van der Waals surface area contributed by atoms with Crippen molar-refractivity contribution in [2.24, 2.45) is 0 Å². The van der Waals surface area contributed by atoms with E-state index in [1.54, 1.807) is 17.0 Å². The zero-order valence-electron chi connectivity index (χ0n) is 19.9. The summed E-state index contributed by atoms with van der Waals surface area (Å²) in [5, 5.41) is 19.7. The number of ether oxygens (including phenoxy) is 1. The van der Waals surface area contributed by atoms with Gasteiger partial charge in [-0.1, -0.05) is 20.8 Å². The fourth-order valence-electron chi connectivity index (χ4n) is 3.25. The first-order valence-electron chi connectivity index (χ1n) is 10.9. The number of likely N-dealkylation sites (tertiary alicyclic amines) is 1. The Bertz CT molecular complexity index is 842. The number of aliphatic carboxylic acids is 1. The highest BCUT2D eigenvalue weighted by Crippen LogP contribution is 2.39. The second-order valence-electron chi connectivity index (χ2n) is 9.74. The second-order valence-corrected chi connectivity index (χ2v) is 15.6. The highest BCUT2D eigenvalue weighted by Gasteiger charge is 2.43. The lowest BCUT2D eigenvalue weighted by Crippen LogP contribution is -2.44. The van der Waals surface area contributed by atoms with Gasteiger partial charge in [0.15, 0.2) is 8.32 Å². The molecule has 0 aliphatic carbocycles. The van der Waals surface area contributed by atoms with Crippen molar-refractivity contribution >= 4 is 37.8 Å². The Kier molecular flexibility index (Phi) is 9.33. The summed E-state index contributed by atoms with van der Waals surface area (Å²) < 4.78 is 12.0. The highest BCUT2D eigenvalue weighted by atomic mass is 32.2. The van der Waals surface area contributed by atoms with E-state index < -0.39 is 25.3 Å². The van der Waals surface area contributed by atoms with Crippen LogP contribution in [0.2, 0.25) is 18.1 Å². The number of thioether (sulfide) groups is 1. The molecule has 0 unspecified atom stereocenters. The lowest BCUT2D eigenvalue weighted by Gasteiger charge is -2.38. The Morgan fingerprint density at radius 2 is 1.91 bits per heavy atom. The van der Waals surface area contributed by atoms with Crippen molar-refractivity contribution in [1.29, 1.82) is 0 Å². The van der Waals surface area contributed by atoms with E-state index in [2.05, 4.69) is 33.9 Å². The summed E-state index contributed by atoms with van der Waals surface area (Å²) in [6.45, 7) is 11.3. The normalized spacial score (nSPS) is 18.9. The van der Waals surface area contributed by atoms with E-state index in [4.69, 9.17) is 14.3 Å². The first-order chi connectivity index (χ1) is 15.3. The van der Waals surface area contributed by atoms with Crippen molar-refractivity contribution in [1.82, 2.24) is 4.90 Å². The van der Waals surface area contributed by atoms with Gasteiger partial charge in [0.25, 0.3) is 5.69 Å². The molecule has 1 aliphatic rings. The fraction of sp³-hybridized carbons (Fsp3) is 0.636. The van der Waals surface area contributed by atoms with Crippen LogP contribution in [0.3, 0.4) is 0 Å². The van der Waals surface area contributed by atoms with Gasteiger partial charge in [0, 0.05) is 36.2 Å². The Labute approximate surface area is 200 Å². The minimum Gasteiger partial charge on any atom is -0.481 e. The quantitative estimate of drug-likeness (QED) is 0.209. The van der Waals surface area contributed by atoms with Gasteiger partial charge >= 0.3 is 12.1 Å². The number of non-ortho nitro benzene ring substituents is 1. The van der Waals surface area contributed by atoms with Gasteiger partial charge in [-0.25, -0.2) is 4.79 Å². The van der Waals surface area contributed by atoms with E-state index in [9.17, 15) is 19.7 Å². The molecule has 1 fully saturated rings. The molecule has 0 saturated carbocycles. The molecule has 2 atom stereocenters. The van der Waals surface area contributed by atoms with Crippen LogP contribution in [0, 0.1) is 10.1 Å². The molecule has 184 valence electrons. The van der Waals surface area contributed by atoms with Crippen molar-refractivity contribution in [3.8, 4) is 0 Å². The largest absolute Gasteiger partial charge is 0.481 e. The molecule has 9 nitrogen and oxygen atoms in total. The number of hydrogen-bond acceptors (Lipinski definition) is 7. The van der Waals surface area contributed by atoms with E-state index >= 15 is 0 Å². The summed E-state index contributed by atoms with van der Waals surface area (Å²) in [5.41, 5.74) is 0.642. The maximum absolute atomic E-state index is 12.9. The summed E-state index contributed by atoms with van der Waals surface area (Å²) in [4.78, 5) is 35.7. The maximum Gasteiger partial charge on any atom is 0.410 e. The van der Waals surface area contributed by atoms with Crippen molar-refractivity contribution in [3.63, 3.8) is 0 Å². The molecule has 2 rings (SSSR count). The Morgan fingerprint density at radius 1 is 1.27 bits per heavy atom. The number of rotatable bonds is 10. The molecule has 0 radical (unpaired) electrons. The second kappa shape index (κ2) is 11.3. The van der Waals surface area contributed by atoms with Crippen LogP contribution in [0.5, 0.6) is 0 Å². The number of hydrogen-bond donors (Lipinski definition) is 1. The van der Waals surface area contributed by atoms with Crippen LogP contribution in [0.25, 0.3) is 0 Å². The van der Waals surface area contributed by atoms with Crippen LogP contribution in [0.15, 0.2) is 24.3 Å². The average Bonchev–Trinajstić information content (AvgIpc) is 3.10. The molecule has 0 aromatic heterocycles. The first kappa shape index (κ1) is 27.1. The van der Waals surface area contributed by atoms with Gasteiger partial charge in [-0.2, -0.15) is 11.8 Å². The van der Waals surface area contributed by atoms with Gasteiger partial charge in [-0.05, 0) is 42.2 Å². The van der Waals surface area contributed by atoms with Crippen LogP contribution >= 0.6 is 11.8 Å². The van der Waals surface area contributed by atoms with Crippen LogP contribution in [-0.4, -0.2) is 65.5 Å². The molecule has 1 aromatic carbocycles. The van der Waals surface area contributed by atoms with E-state index in [1.165, 1.54) is 23.9 Å². The number of nitro groups is 1. The van der Waals surface area contributed by atoms with E-state index in [1.807, 2.05) is 0 Å². The van der Waals surface area contributed by atoms with Gasteiger partial charge in [-0.3, -0.25) is 14.9 Å². The Morgan fingerprint density at radius 3 is 2.45 bits per heavy atom. The lowest BCUT2D eigenvalue weighted by molar-refractivity contribution is -0.384. The predicted molar refractivity (Wildman–Crippen MR) is 130 cm³/mol.